The highest BCUT2D eigenvalue weighted by Crippen LogP contribution is 2.22. The summed E-state index contributed by atoms with van der Waals surface area (Å²) in [5.74, 6) is -0.347. The van der Waals surface area contributed by atoms with Crippen LogP contribution < -0.4 is 5.32 Å². The number of hydrogen-bond donors (Lipinski definition) is 1. The average molecular weight is 250 g/mol. The molecule has 92 valence electrons. The standard InChI is InChI=1S/C15H10N2O2/c18-14-8-13(17-10-4-3-7-16-9-10)15(19)12-6-2-1-5-11(12)14/h1-9,17H. The van der Waals surface area contributed by atoms with Gasteiger partial charge in [0.15, 0.2) is 5.78 Å². The number of benzene rings is 1. The average Bonchev–Trinajstić information content (AvgIpc) is 2.46. The Bertz CT molecular complexity index is 690. The highest BCUT2D eigenvalue weighted by atomic mass is 16.1. The molecule has 0 spiro atoms. The van der Waals surface area contributed by atoms with E-state index >= 15 is 0 Å². The van der Waals surface area contributed by atoms with Gasteiger partial charge in [-0.2, -0.15) is 0 Å². The first-order valence-electron chi connectivity index (χ1n) is 5.82. The summed E-state index contributed by atoms with van der Waals surface area (Å²) in [4.78, 5) is 28.2. The maximum atomic E-state index is 12.3. The van der Waals surface area contributed by atoms with E-state index in [-0.39, 0.29) is 17.3 Å². The fraction of sp³-hybridized carbons (Fsp3) is 0. The highest BCUT2D eigenvalue weighted by Gasteiger charge is 2.24. The molecule has 0 bridgehead atoms. The predicted octanol–water partition coefficient (Wildman–Crippen LogP) is 2.46. The van der Waals surface area contributed by atoms with E-state index in [9.17, 15) is 9.59 Å². The number of Topliss-reactive ketones (excluding diaryl/α,β-unsaturated/α-hetero) is 1. The van der Waals surface area contributed by atoms with Crippen LogP contribution in [0.15, 0.2) is 60.6 Å². The molecule has 0 fully saturated rings. The number of pyridine rings is 1. The van der Waals surface area contributed by atoms with Gasteiger partial charge in [0.2, 0.25) is 5.78 Å². The Labute approximate surface area is 109 Å². The molecule has 0 saturated carbocycles. The zero-order valence-corrected chi connectivity index (χ0v) is 9.96. The highest BCUT2D eigenvalue weighted by molar-refractivity contribution is 6.25. The number of nitrogens with zero attached hydrogens (tertiary/aromatic N) is 1. The number of nitrogens with one attached hydrogen (secondary N) is 1. The molecular weight excluding hydrogens is 240 g/mol. The summed E-state index contributed by atoms with van der Waals surface area (Å²) in [7, 11) is 0. The molecule has 1 heterocycles. The summed E-state index contributed by atoms with van der Waals surface area (Å²) in [5, 5.41) is 2.93. The summed E-state index contributed by atoms with van der Waals surface area (Å²) in [6.45, 7) is 0. The zero-order chi connectivity index (χ0) is 13.2. The van der Waals surface area contributed by atoms with Crippen LogP contribution in [0.2, 0.25) is 0 Å². The van der Waals surface area contributed by atoms with E-state index in [1.165, 1.54) is 6.08 Å². The first-order valence-corrected chi connectivity index (χ1v) is 5.82. The van der Waals surface area contributed by atoms with Gasteiger partial charge in [0.05, 0.1) is 17.6 Å². The number of anilines is 1. The molecule has 1 N–H and O–H groups in total. The van der Waals surface area contributed by atoms with Crippen LogP contribution in [-0.4, -0.2) is 16.6 Å². The van der Waals surface area contributed by atoms with Crippen LogP contribution >= 0.6 is 0 Å². The van der Waals surface area contributed by atoms with Crippen molar-refractivity contribution in [3.63, 3.8) is 0 Å². The number of carbonyl (C=O) groups excluding carboxylic acids is 2. The molecule has 0 saturated heterocycles. The van der Waals surface area contributed by atoms with Crippen LogP contribution in [-0.2, 0) is 0 Å². The van der Waals surface area contributed by atoms with Crippen molar-refractivity contribution in [2.75, 3.05) is 5.32 Å². The number of rotatable bonds is 2. The smallest absolute Gasteiger partial charge is 0.210 e. The summed E-state index contributed by atoms with van der Waals surface area (Å²) >= 11 is 0. The molecule has 19 heavy (non-hydrogen) atoms. The third-order valence-electron chi connectivity index (χ3n) is 2.90. The van der Waals surface area contributed by atoms with E-state index in [2.05, 4.69) is 10.3 Å². The third kappa shape index (κ3) is 2.04. The lowest BCUT2D eigenvalue weighted by Gasteiger charge is -2.16. The maximum Gasteiger partial charge on any atom is 0.210 e. The van der Waals surface area contributed by atoms with E-state index in [1.54, 1.807) is 48.8 Å². The number of fused-ring (bicyclic) bond motifs is 1. The first kappa shape index (κ1) is 11.3. The van der Waals surface area contributed by atoms with E-state index in [0.29, 0.717) is 16.8 Å². The second-order valence-electron chi connectivity index (χ2n) is 4.16. The Hall–Kier alpha value is -2.75. The molecule has 4 nitrogen and oxygen atoms in total. The summed E-state index contributed by atoms with van der Waals surface area (Å²) < 4.78 is 0. The zero-order valence-electron chi connectivity index (χ0n) is 9.96. The van der Waals surface area contributed by atoms with Crippen molar-refractivity contribution < 1.29 is 9.59 Å². The maximum absolute atomic E-state index is 12.3. The third-order valence-corrected chi connectivity index (χ3v) is 2.90. The molecule has 0 atom stereocenters. The van der Waals surface area contributed by atoms with Gasteiger partial charge in [-0.3, -0.25) is 14.6 Å². The van der Waals surface area contributed by atoms with Gasteiger partial charge in [-0.05, 0) is 12.1 Å². The minimum absolute atomic E-state index is 0.165. The summed E-state index contributed by atoms with van der Waals surface area (Å²) in [6, 6.07) is 10.4. The Kier molecular flexibility index (Phi) is 2.68. The van der Waals surface area contributed by atoms with Gasteiger partial charge in [0, 0.05) is 23.4 Å². The van der Waals surface area contributed by atoms with E-state index < -0.39 is 0 Å². The fourth-order valence-electron chi connectivity index (χ4n) is 2.00. The van der Waals surface area contributed by atoms with Crippen molar-refractivity contribution in [2.24, 2.45) is 0 Å². The van der Waals surface area contributed by atoms with Gasteiger partial charge in [-0.1, -0.05) is 24.3 Å². The quantitative estimate of drug-likeness (QED) is 0.889. The molecule has 4 heteroatoms. The summed E-state index contributed by atoms with van der Waals surface area (Å²) in [6.07, 6.45) is 4.57. The SMILES string of the molecule is O=C1C=C(Nc2cccnc2)C(=O)c2ccccc21. The predicted molar refractivity (Wildman–Crippen MR) is 71.0 cm³/mol. The molecule has 0 unspecified atom stereocenters. The second kappa shape index (κ2) is 4.49. The van der Waals surface area contributed by atoms with Crippen molar-refractivity contribution >= 4 is 17.3 Å². The summed E-state index contributed by atoms with van der Waals surface area (Å²) in [5.41, 5.74) is 1.83. The first-order chi connectivity index (χ1) is 9.25. The van der Waals surface area contributed by atoms with Crippen LogP contribution in [0.1, 0.15) is 20.7 Å². The monoisotopic (exact) mass is 250 g/mol. The van der Waals surface area contributed by atoms with Crippen molar-refractivity contribution in [3.8, 4) is 0 Å². The minimum atomic E-state index is -0.181. The fourth-order valence-corrected chi connectivity index (χ4v) is 2.00. The second-order valence-corrected chi connectivity index (χ2v) is 4.16. The van der Waals surface area contributed by atoms with Crippen LogP contribution in [0.25, 0.3) is 0 Å². The van der Waals surface area contributed by atoms with Crippen molar-refractivity contribution in [2.45, 2.75) is 0 Å². The van der Waals surface area contributed by atoms with Crippen molar-refractivity contribution in [3.05, 3.63) is 71.7 Å². The normalized spacial score (nSPS) is 13.8. The van der Waals surface area contributed by atoms with Gasteiger partial charge in [0.25, 0.3) is 0 Å². The molecule has 0 aliphatic heterocycles. The number of aromatic nitrogens is 1. The van der Waals surface area contributed by atoms with Crippen molar-refractivity contribution in [1.82, 2.24) is 4.98 Å². The number of ketones is 2. The van der Waals surface area contributed by atoms with Crippen LogP contribution in [0.3, 0.4) is 0 Å². The molecule has 0 radical (unpaired) electrons. The van der Waals surface area contributed by atoms with E-state index in [4.69, 9.17) is 0 Å². The minimum Gasteiger partial charge on any atom is -0.351 e. The number of allylic oxidation sites excluding steroid dienone is 2. The lowest BCUT2D eigenvalue weighted by molar-refractivity contribution is 0.0985. The van der Waals surface area contributed by atoms with Gasteiger partial charge in [0.1, 0.15) is 0 Å². The molecule has 1 aromatic carbocycles. The van der Waals surface area contributed by atoms with E-state index in [1.807, 2.05) is 0 Å². The molecule has 3 rings (SSSR count). The Morgan fingerprint density at radius 3 is 2.47 bits per heavy atom. The van der Waals surface area contributed by atoms with Crippen LogP contribution in [0, 0.1) is 0 Å². The topological polar surface area (TPSA) is 59.1 Å². The Morgan fingerprint density at radius 2 is 1.74 bits per heavy atom. The largest absolute Gasteiger partial charge is 0.351 e. The number of hydrogen-bond acceptors (Lipinski definition) is 4. The molecule has 1 aliphatic carbocycles. The molecule has 0 amide bonds. The molecular formula is C15H10N2O2. The molecule has 2 aromatic rings. The lowest BCUT2D eigenvalue weighted by Crippen LogP contribution is -2.21. The lowest BCUT2D eigenvalue weighted by atomic mass is 9.93. The van der Waals surface area contributed by atoms with Gasteiger partial charge in [-0.25, -0.2) is 0 Å². The Balaban J connectivity index is 1.97. The molecule has 1 aliphatic rings. The van der Waals surface area contributed by atoms with Crippen LogP contribution in [0.5, 0.6) is 0 Å². The van der Waals surface area contributed by atoms with E-state index in [0.717, 1.165) is 0 Å². The van der Waals surface area contributed by atoms with Gasteiger partial charge < -0.3 is 5.32 Å². The van der Waals surface area contributed by atoms with Gasteiger partial charge in [-0.15, -0.1) is 0 Å². The van der Waals surface area contributed by atoms with Gasteiger partial charge >= 0.3 is 0 Å². The van der Waals surface area contributed by atoms with Crippen molar-refractivity contribution in [1.29, 1.82) is 0 Å². The molecule has 1 aromatic heterocycles. The Morgan fingerprint density at radius 1 is 0.947 bits per heavy atom. The number of carbonyl (C=O) groups is 2. The van der Waals surface area contributed by atoms with Crippen LogP contribution in [0.4, 0.5) is 5.69 Å².